The Morgan fingerprint density at radius 2 is 1.55 bits per heavy atom. The monoisotopic (exact) mass is 412 g/mol. The first-order chi connectivity index (χ1) is 13.9. The van der Waals surface area contributed by atoms with Crippen molar-refractivity contribution in [1.29, 1.82) is 0 Å². The van der Waals surface area contributed by atoms with Crippen LogP contribution in [-0.2, 0) is 14.8 Å². The minimum Gasteiger partial charge on any atom is -0.326 e. The highest BCUT2D eigenvalue weighted by molar-refractivity contribution is 7.89. The second-order valence-electron chi connectivity index (χ2n) is 6.99. The average molecular weight is 413 g/mol. The molecule has 0 aliphatic carbocycles. The van der Waals surface area contributed by atoms with Gasteiger partial charge in [-0.1, -0.05) is 24.6 Å². The molecule has 0 bridgehead atoms. The number of nitrogens with zero attached hydrogens (tertiary/aromatic N) is 1. The molecular formula is C22H24N2O4S. The number of rotatable bonds is 6. The van der Waals surface area contributed by atoms with Crippen LogP contribution < -0.4 is 5.32 Å². The smallest absolute Gasteiger partial charge is 0.243 e. The van der Waals surface area contributed by atoms with Crippen molar-refractivity contribution >= 4 is 33.5 Å². The number of hydrogen-bond acceptors (Lipinski definition) is 4. The molecule has 1 heterocycles. The third kappa shape index (κ3) is 5.40. The lowest BCUT2D eigenvalue weighted by molar-refractivity contribution is -0.114. The van der Waals surface area contributed by atoms with E-state index in [9.17, 15) is 18.0 Å². The Morgan fingerprint density at radius 1 is 0.931 bits per heavy atom. The van der Waals surface area contributed by atoms with Crippen molar-refractivity contribution in [2.45, 2.75) is 31.1 Å². The first-order valence-corrected chi connectivity index (χ1v) is 11.0. The van der Waals surface area contributed by atoms with E-state index in [0.29, 0.717) is 24.3 Å². The molecule has 0 unspecified atom stereocenters. The fourth-order valence-corrected chi connectivity index (χ4v) is 4.71. The highest BCUT2D eigenvalue weighted by Gasteiger charge is 2.25. The maximum Gasteiger partial charge on any atom is 0.243 e. The molecule has 152 valence electrons. The molecule has 6 nitrogen and oxygen atoms in total. The van der Waals surface area contributed by atoms with Gasteiger partial charge >= 0.3 is 0 Å². The van der Waals surface area contributed by atoms with Crippen molar-refractivity contribution in [2.24, 2.45) is 0 Å². The molecule has 0 radical (unpaired) electrons. The van der Waals surface area contributed by atoms with E-state index in [1.165, 1.54) is 29.4 Å². The van der Waals surface area contributed by atoms with E-state index in [-0.39, 0.29) is 16.6 Å². The average Bonchev–Trinajstić information content (AvgIpc) is 2.73. The minimum atomic E-state index is -3.50. The fraction of sp³-hybridized carbons (Fsp3) is 0.273. The molecule has 1 amide bonds. The number of allylic oxidation sites excluding steroid dienone is 1. The maximum atomic E-state index is 12.7. The zero-order valence-corrected chi connectivity index (χ0v) is 17.1. The van der Waals surface area contributed by atoms with Gasteiger partial charge in [-0.05, 0) is 60.9 Å². The van der Waals surface area contributed by atoms with Gasteiger partial charge < -0.3 is 5.32 Å². The summed E-state index contributed by atoms with van der Waals surface area (Å²) in [5.41, 5.74) is 1.93. The summed E-state index contributed by atoms with van der Waals surface area (Å²) in [7, 11) is -3.50. The lowest BCUT2D eigenvalue weighted by Gasteiger charge is -2.25. The third-order valence-corrected chi connectivity index (χ3v) is 6.66. The first kappa shape index (κ1) is 21.0. The predicted octanol–water partition coefficient (Wildman–Crippen LogP) is 3.72. The van der Waals surface area contributed by atoms with Crippen molar-refractivity contribution < 1.29 is 18.0 Å². The molecule has 1 fully saturated rings. The van der Waals surface area contributed by atoms with Gasteiger partial charge in [-0.15, -0.1) is 0 Å². The summed E-state index contributed by atoms with van der Waals surface area (Å²) in [6.07, 6.45) is 5.94. The molecule has 7 heteroatoms. The van der Waals surface area contributed by atoms with Crippen LogP contribution in [-0.4, -0.2) is 37.5 Å². The van der Waals surface area contributed by atoms with Crippen LogP contribution in [0.2, 0.25) is 0 Å². The van der Waals surface area contributed by atoms with E-state index >= 15 is 0 Å². The number of piperidine rings is 1. The number of hydrogen-bond donors (Lipinski definition) is 1. The molecule has 1 aliphatic rings. The Bertz CT molecular complexity index is 1000. The van der Waals surface area contributed by atoms with E-state index < -0.39 is 10.0 Å². The summed E-state index contributed by atoms with van der Waals surface area (Å²) in [4.78, 5) is 23.6. The van der Waals surface area contributed by atoms with Crippen molar-refractivity contribution in [1.82, 2.24) is 4.31 Å². The van der Waals surface area contributed by atoms with E-state index in [1.807, 2.05) is 0 Å². The number of nitrogens with one attached hydrogen (secondary N) is 1. The predicted molar refractivity (Wildman–Crippen MR) is 113 cm³/mol. The number of anilines is 1. The molecule has 0 atom stereocenters. The molecule has 2 aromatic rings. The number of ketones is 1. The van der Waals surface area contributed by atoms with Crippen LogP contribution in [0.3, 0.4) is 0 Å². The molecule has 1 N–H and O–H groups in total. The number of sulfonamides is 1. The number of carbonyl (C=O) groups is 2. The van der Waals surface area contributed by atoms with Gasteiger partial charge in [0.15, 0.2) is 5.78 Å². The molecular weight excluding hydrogens is 388 g/mol. The molecule has 1 saturated heterocycles. The van der Waals surface area contributed by atoms with Crippen molar-refractivity contribution in [3.8, 4) is 0 Å². The summed E-state index contributed by atoms with van der Waals surface area (Å²) < 4.78 is 26.9. The Balaban J connectivity index is 1.67. The molecule has 0 spiro atoms. The Labute approximate surface area is 171 Å². The van der Waals surface area contributed by atoms with Crippen LogP contribution >= 0.6 is 0 Å². The zero-order valence-electron chi connectivity index (χ0n) is 16.3. The quantitative estimate of drug-likeness (QED) is 0.579. The Hall–Kier alpha value is -2.77. The van der Waals surface area contributed by atoms with E-state index in [1.54, 1.807) is 42.5 Å². The van der Waals surface area contributed by atoms with Gasteiger partial charge in [0.1, 0.15) is 0 Å². The van der Waals surface area contributed by atoms with Crippen molar-refractivity contribution in [3.63, 3.8) is 0 Å². The topological polar surface area (TPSA) is 83.5 Å². The summed E-state index contributed by atoms with van der Waals surface area (Å²) in [5, 5.41) is 2.68. The number of carbonyl (C=O) groups excluding carboxylic acids is 2. The van der Waals surface area contributed by atoms with E-state index in [2.05, 4.69) is 5.32 Å². The largest absolute Gasteiger partial charge is 0.326 e. The summed E-state index contributed by atoms with van der Waals surface area (Å²) in [5.74, 6) is -0.355. The minimum absolute atomic E-state index is 0.144. The van der Waals surface area contributed by atoms with Crippen LogP contribution in [0.1, 0.15) is 42.1 Å². The van der Waals surface area contributed by atoms with Gasteiger partial charge in [-0.25, -0.2) is 8.42 Å². The standard InChI is InChI=1S/C22H24N2O4S/c1-17(25)23-20-10-5-18(6-11-20)7-14-22(26)19-8-12-21(13-9-19)29(27,28)24-15-3-2-4-16-24/h5-14H,2-4,15-16H2,1H3,(H,23,25)/b14-7+. The van der Waals surface area contributed by atoms with Crippen molar-refractivity contribution in [2.75, 3.05) is 18.4 Å². The summed E-state index contributed by atoms with van der Waals surface area (Å²) in [6.45, 7) is 2.54. The molecule has 1 aliphatic heterocycles. The molecule has 0 saturated carbocycles. The molecule has 3 rings (SSSR count). The normalized spacial score (nSPS) is 15.3. The van der Waals surface area contributed by atoms with E-state index in [4.69, 9.17) is 0 Å². The third-order valence-electron chi connectivity index (χ3n) is 4.75. The van der Waals surface area contributed by atoms with Crippen LogP contribution in [0.4, 0.5) is 5.69 Å². The zero-order chi connectivity index (χ0) is 20.9. The fourth-order valence-electron chi connectivity index (χ4n) is 3.19. The Morgan fingerprint density at radius 3 is 2.14 bits per heavy atom. The van der Waals surface area contributed by atoms with Gasteiger partial charge in [0.05, 0.1) is 4.90 Å². The van der Waals surface area contributed by atoms with Gasteiger partial charge in [-0.2, -0.15) is 4.31 Å². The second-order valence-corrected chi connectivity index (χ2v) is 8.93. The number of benzene rings is 2. The lowest BCUT2D eigenvalue weighted by Crippen LogP contribution is -2.35. The highest BCUT2D eigenvalue weighted by Crippen LogP contribution is 2.21. The highest BCUT2D eigenvalue weighted by atomic mass is 32.2. The summed E-state index contributed by atoms with van der Waals surface area (Å²) >= 11 is 0. The first-order valence-electron chi connectivity index (χ1n) is 9.56. The molecule has 2 aromatic carbocycles. The van der Waals surface area contributed by atoms with Gasteiger partial charge in [0, 0.05) is 31.3 Å². The van der Waals surface area contributed by atoms with E-state index in [0.717, 1.165) is 24.8 Å². The van der Waals surface area contributed by atoms with Gasteiger partial charge in [0.2, 0.25) is 15.9 Å². The van der Waals surface area contributed by atoms with Crippen LogP contribution in [0.25, 0.3) is 6.08 Å². The molecule has 29 heavy (non-hydrogen) atoms. The van der Waals surface area contributed by atoms with Gasteiger partial charge in [-0.3, -0.25) is 9.59 Å². The van der Waals surface area contributed by atoms with Crippen LogP contribution in [0.15, 0.2) is 59.5 Å². The van der Waals surface area contributed by atoms with Gasteiger partial charge in [0.25, 0.3) is 0 Å². The second kappa shape index (κ2) is 9.15. The maximum absolute atomic E-state index is 12.7. The molecule has 0 aromatic heterocycles. The Kier molecular flexibility index (Phi) is 6.61. The SMILES string of the molecule is CC(=O)Nc1ccc(/C=C/C(=O)c2ccc(S(=O)(=O)N3CCCCC3)cc2)cc1. The van der Waals surface area contributed by atoms with Crippen molar-refractivity contribution in [3.05, 3.63) is 65.7 Å². The van der Waals surface area contributed by atoms with Crippen LogP contribution in [0.5, 0.6) is 0 Å². The number of amides is 1. The lowest BCUT2D eigenvalue weighted by atomic mass is 10.1. The summed E-state index contributed by atoms with van der Waals surface area (Å²) in [6, 6.07) is 13.2. The van der Waals surface area contributed by atoms with Crippen LogP contribution in [0, 0.1) is 0 Å².